The van der Waals surface area contributed by atoms with Gasteiger partial charge in [0.05, 0.1) is 6.61 Å². The normalized spacial score (nSPS) is 32.8. The van der Waals surface area contributed by atoms with Gasteiger partial charge < -0.3 is 14.5 Å². The summed E-state index contributed by atoms with van der Waals surface area (Å²) in [5, 5.41) is 0. The van der Waals surface area contributed by atoms with E-state index in [0.29, 0.717) is 12.1 Å². The molecule has 1 amide bonds. The quantitative estimate of drug-likeness (QED) is 0.771. The van der Waals surface area contributed by atoms with E-state index in [-0.39, 0.29) is 12.0 Å². The molecule has 4 heteroatoms. The molecule has 0 spiro atoms. The first kappa shape index (κ1) is 14.3. The van der Waals surface area contributed by atoms with Gasteiger partial charge in [0.1, 0.15) is 6.10 Å². The molecule has 20 heavy (non-hydrogen) atoms. The van der Waals surface area contributed by atoms with Crippen molar-refractivity contribution in [3.05, 3.63) is 0 Å². The Hall–Kier alpha value is -0.610. The number of likely N-dealkylation sites (N-methyl/N-ethyl adjacent to an activating group) is 1. The summed E-state index contributed by atoms with van der Waals surface area (Å²) >= 11 is 0. The Morgan fingerprint density at radius 1 is 1.15 bits per heavy atom. The molecule has 0 aromatic carbocycles. The summed E-state index contributed by atoms with van der Waals surface area (Å²) in [4.78, 5) is 17.2. The number of likely N-dealkylation sites (tertiary alicyclic amines) is 2. The molecule has 3 atom stereocenters. The van der Waals surface area contributed by atoms with Crippen LogP contribution in [0.4, 0.5) is 0 Å². The van der Waals surface area contributed by atoms with E-state index in [2.05, 4.69) is 16.8 Å². The van der Waals surface area contributed by atoms with E-state index in [9.17, 15) is 4.79 Å². The van der Waals surface area contributed by atoms with E-state index in [0.717, 1.165) is 31.9 Å². The van der Waals surface area contributed by atoms with Gasteiger partial charge in [-0.15, -0.1) is 0 Å². The van der Waals surface area contributed by atoms with E-state index >= 15 is 0 Å². The first-order valence-corrected chi connectivity index (χ1v) is 8.29. The van der Waals surface area contributed by atoms with Gasteiger partial charge in [-0.3, -0.25) is 4.79 Å². The van der Waals surface area contributed by atoms with Crippen LogP contribution in [0.25, 0.3) is 0 Å². The Morgan fingerprint density at radius 3 is 2.50 bits per heavy atom. The lowest BCUT2D eigenvalue weighted by Crippen LogP contribution is -2.50. The largest absolute Gasteiger partial charge is 0.368 e. The zero-order valence-corrected chi connectivity index (χ0v) is 12.9. The van der Waals surface area contributed by atoms with Crippen LogP contribution < -0.4 is 0 Å². The standard InChI is InChI=1S/C16H28N2O2/c1-12(20-11-13-7-8-13)16(19)18-10-4-6-15(18)14-5-3-9-17(14)2/h12-15H,3-11H2,1-2H3. The lowest BCUT2D eigenvalue weighted by atomic mass is 10.0. The minimum atomic E-state index is -0.261. The molecule has 3 unspecified atom stereocenters. The highest BCUT2D eigenvalue weighted by Crippen LogP contribution is 2.31. The predicted octanol–water partition coefficient (Wildman–Crippen LogP) is 1.89. The van der Waals surface area contributed by atoms with Gasteiger partial charge in [-0.2, -0.15) is 0 Å². The van der Waals surface area contributed by atoms with Crippen LogP contribution in [0, 0.1) is 5.92 Å². The fourth-order valence-electron chi connectivity index (χ4n) is 3.76. The molecular weight excluding hydrogens is 252 g/mol. The fourth-order valence-corrected chi connectivity index (χ4v) is 3.76. The molecule has 3 rings (SSSR count). The molecule has 1 aliphatic carbocycles. The van der Waals surface area contributed by atoms with Crippen molar-refractivity contribution in [2.24, 2.45) is 5.92 Å². The highest BCUT2D eigenvalue weighted by atomic mass is 16.5. The van der Waals surface area contributed by atoms with Crippen molar-refractivity contribution in [2.45, 2.75) is 63.6 Å². The average Bonchev–Trinajstić information content (AvgIpc) is 2.97. The predicted molar refractivity (Wildman–Crippen MR) is 78.5 cm³/mol. The van der Waals surface area contributed by atoms with Crippen molar-refractivity contribution < 1.29 is 9.53 Å². The zero-order chi connectivity index (χ0) is 14.1. The lowest BCUT2D eigenvalue weighted by Gasteiger charge is -2.34. The minimum Gasteiger partial charge on any atom is -0.368 e. The van der Waals surface area contributed by atoms with Gasteiger partial charge in [-0.25, -0.2) is 0 Å². The van der Waals surface area contributed by atoms with E-state index in [4.69, 9.17) is 4.74 Å². The number of carbonyl (C=O) groups excluding carboxylic acids is 1. The van der Waals surface area contributed by atoms with Crippen LogP contribution in [-0.4, -0.2) is 60.6 Å². The van der Waals surface area contributed by atoms with Gasteiger partial charge in [0.15, 0.2) is 0 Å². The number of nitrogens with zero attached hydrogens (tertiary/aromatic N) is 2. The van der Waals surface area contributed by atoms with Crippen LogP contribution in [0.15, 0.2) is 0 Å². The van der Waals surface area contributed by atoms with Crippen LogP contribution >= 0.6 is 0 Å². The van der Waals surface area contributed by atoms with Crippen LogP contribution in [-0.2, 0) is 9.53 Å². The molecule has 2 aliphatic heterocycles. The number of rotatable bonds is 5. The Labute approximate surface area is 122 Å². The summed E-state index contributed by atoms with van der Waals surface area (Å²) in [6.45, 7) is 4.80. The molecule has 114 valence electrons. The van der Waals surface area contributed by atoms with Gasteiger partial charge in [0.25, 0.3) is 5.91 Å². The topological polar surface area (TPSA) is 32.8 Å². The van der Waals surface area contributed by atoms with Crippen molar-refractivity contribution in [2.75, 3.05) is 26.7 Å². The summed E-state index contributed by atoms with van der Waals surface area (Å²) < 4.78 is 5.77. The van der Waals surface area contributed by atoms with Gasteiger partial charge in [-0.1, -0.05) is 0 Å². The Bertz CT molecular complexity index is 356. The number of hydrogen-bond donors (Lipinski definition) is 0. The summed E-state index contributed by atoms with van der Waals surface area (Å²) in [7, 11) is 2.20. The van der Waals surface area contributed by atoms with Crippen LogP contribution in [0.2, 0.25) is 0 Å². The van der Waals surface area contributed by atoms with Gasteiger partial charge in [0, 0.05) is 18.6 Å². The highest BCUT2D eigenvalue weighted by Gasteiger charge is 2.39. The van der Waals surface area contributed by atoms with Crippen molar-refractivity contribution >= 4 is 5.91 Å². The first-order chi connectivity index (χ1) is 9.66. The van der Waals surface area contributed by atoms with Crippen LogP contribution in [0.1, 0.15) is 45.4 Å². The fraction of sp³-hybridized carbons (Fsp3) is 0.938. The third-order valence-corrected chi connectivity index (χ3v) is 5.23. The maximum atomic E-state index is 12.6. The third-order valence-electron chi connectivity index (χ3n) is 5.23. The molecule has 3 aliphatic rings. The Kier molecular flexibility index (Phi) is 4.32. The number of hydrogen-bond acceptors (Lipinski definition) is 3. The molecule has 1 saturated carbocycles. The van der Waals surface area contributed by atoms with E-state index in [1.165, 1.54) is 32.2 Å². The highest BCUT2D eigenvalue weighted by molar-refractivity contribution is 5.81. The molecule has 3 fully saturated rings. The van der Waals surface area contributed by atoms with Crippen LogP contribution in [0.3, 0.4) is 0 Å². The summed E-state index contributed by atoms with van der Waals surface area (Å²) in [6.07, 6.45) is 7.12. The minimum absolute atomic E-state index is 0.216. The zero-order valence-electron chi connectivity index (χ0n) is 12.9. The summed E-state index contributed by atoms with van der Waals surface area (Å²) in [5.41, 5.74) is 0. The molecule has 2 saturated heterocycles. The molecule has 0 bridgehead atoms. The SMILES string of the molecule is CC(OCC1CC1)C(=O)N1CCCC1C1CCCN1C. The van der Waals surface area contributed by atoms with Crippen molar-refractivity contribution in [3.63, 3.8) is 0 Å². The second kappa shape index (κ2) is 6.02. The van der Waals surface area contributed by atoms with Gasteiger partial charge in [0.2, 0.25) is 0 Å². The second-order valence-electron chi connectivity index (χ2n) is 6.85. The number of ether oxygens (including phenoxy) is 1. The van der Waals surface area contributed by atoms with E-state index in [1.807, 2.05) is 6.92 Å². The second-order valence-corrected chi connectivity index (χ2v) is 6.85. The number of amides is 1. The van der Waals surface area contributed by atoms with Crippen molar-refractivity contribution in [1.29, 1.82) is 0 Å². The van der Waals surface area contributed by atoms with E-state index < -0.39 is 0 Å². The third kappa shape index (κ3) is 3.01. The summed E-state index contributed by atoms with van der Waals surface area (Å²) in [6, 6.07) is 0.985. The summed E-state index contributed by atoms with van der Waals surface area (Å²) in [5.74, 6) is 0.939. The number of carbonyl (C=O) groups is 1. The van der Waals surface area contributed by atoms with Crippen molar-refractivity contribution in [3.8, 4) is 0 Å². The monoisotopic (exact) mass is 280 g/mol. The first-order valence-electron chi connectivity index (χ1n) is 8.29. The van der Waals surface area contributed by atoms with Crippen molar-refractivity contribution in [1.82, 2.24) is 9.80 Å². The maximum Gasteiger partial charge on any atom is 0.251 e. The molecular formula is C16H28N2O2. The lowest BCUT2D eigenvalue weighted by molar-refractivity contribution is -0.144. The Balaban J connectivity index is 1.57. The van der Waals surface area contributed by atoms with Gasteiger partial charge in [-0.05, 0) is 65.0 Å². The molecule has 0 aromatic heterocycles. The molecule has 2 heterocycles. The van der Waals surface area contributed by atoms with Gasteiger partial charge >= 0.3 is 0 Å². The molecule has 0 N–H and O–H groups in total. The molecule has 0 radical (unpaired) electrons. The molecule has 4 nitrogen and oxygen atoms in total. The average molecular weight is 280 g/mol. The van der Waals surface area contributed by atoms with E-state index in [1.54, 1.807) is 0 Å². The maximum absolute atomic E-state index is 12.6. The smallest absolute Gasteiger partial charge is 0.251 e. The van der Waals surface area contributed by atoms with Crippen LogP contribution in [0.5, 0.6) is 0 Å². The Morgan fingerprint density at radius 2 is 1.85 bits per heavy atom. The molecule has 0 aromatic rings.